The highest BCUT2D eigenvalue weighted by molar-refractivity contribution is 7.94. The van der Waals surface area contributed by atoms with Crippen LogP contribution in [0.1, 0.15) is 19.4 Å². The number of hydrogen-bond donors (Lipinski definition) is 0. The predicted octanol–water partition coefficient (Wildman–Crippen LogP) is 1.50. The largest absolute Gasteiger partial charge is 0.497 e. The Bertz CT molecular complexity index is 700. The molecule has 1 atom stereocenters. The van der Waals surface area contributed by atoms with Gasteiger partial charge in [0.25, 0.3) is 14.8 Å². The zero-order chi connectivity index (χ0) is 15.7. The van der Waals surface area contributed by atoms with E-state index >= 15 is 0 Å². The maximum atomic E-state index is 12.2. The van der Waals surface area contributed by atoms with Crippen molar-refractivity contribution in [2.45, 2.75) is 18.6 Å². The van der Waals surface area contributed by atoms with Gasteiger partial charge in [0.2, 0.25) is 0 Å². The van der Waals surface area contributed by atoms with Gasteiger partial charge in [0.1, 0.15) is 11.8 Å². The molecule has 0 aliphatic carbocycles. The van der Waals surface area contributed by atoms with Crippen LogP contribution in [0.2, 0.25) is 0 Å². The van der Waals surface area contributed by atoms with Gasteiger partial charge in [0, 0.05) is 13.1 Å². The van der Waals surface area contributed by atoms with Crippen LogP contribution in [0, 0.1) is 11.3 Å². The highest BCUT2D eigenvalue weighted by Crippen LogP contribution is 2.42. The van der Waals surface area contributed by atoms with Gasteiger partial charge in [-0.15, -0.1) is 4.40 Å². The fraction of sp³-hybridized carbons (Fsp3) is 0.429. The number of ether oxygens (including phenoxy) is 1. The Morgan fingerprint density at radius 1 is 1.29 bits per heavy atom. The summed E-state index contributed by atoms with van der Waals surface area (Å²) >= 11 is 0. The maximum Gasteiger partial charge on any atom is 0.286 e. The van der Waals surface area contributed by atoms with E-state index in [-0.39, 0.29) is 0 Å². The third-order valence-corrected chi connectivity index (χ3v) is 5.32. The van der Waals surface area contributed by atoms with Gasteiger partial charge in [0.15, 0.2) is 5.84 Å². The van der Waals surface area contributed by atoms with Gasteiger partial charge >= 0.3 is 0 Å². The van der Waals surface area contributed by atoms with Gasteiger partial charge in [0.05, 0.1) is 7.11 Å². The standard InChI is InChI=1S/C14H17N3O3S/c1-4-17(5-2)13-14(10-15,21(18,19)16-13)11-6-8-12(20-3)9-7-11/h6-9H,4-5H2,1-3H3/t14-/m0/s1. The molecule has 21 heavy (non-hydrogen) atoms. The SMILES string of the molecule is CCN(CC)C1=NS(=O)(=O)[C@@]1(C#N)c1ccc(OC)cc1. The Hall–Kier alpha value is -2.07. The Kier molecular flexibility index (Phi) is 3.92. The molecule has 0 saturated heterocycles. The molecule has 0 N–H and O–H groups in total. The van der Waals surface area contributed by atoms with Crippen LogP contribution in [-0.4, -0.2) is 39.4 Å². The molecule has 2 rings (SSSR count). The predicted molar refractivity (Wildman–Crippen MR) is 79.6 cm³/mol. The number of hydrogen-bond acceptors (Lipinski definition) is 5. The van der Waals surface area contributed by atoms with Crippen LogP contribution < -0.4 is 4.74 Å². The zero-order valence-corrected chi connectivity index (χ0v) is 13.0. The summed E-state index contributed by atoms with van der Waals surface area (Å²) in [6, 6.07) is 8.43. The van der Waals surface area contributed by atoms with Crippen molar-refractivity contribution in [3.8, 4) is 11.8 Å². The molecule has 0 aromatic heterocycles. The van der Waals surface area contributed by atoms with Crippen molar-refractivity contribution in [3.63, 3.8) is 0 Å². The molecule has 1 aliphatic heterocycles. The van der Waals surface area contributed by atoms with Crippen molar-refractivity contribution in [1.82, 2.24) is 4.90 Å². The summed E-state index contributed by atoms with van der Waals surface area (Å²) in [4.78, 5) is 1.79. The molecule has 0 radical (unpaired) electrons. The summed E-state index contributed by atoms with van der Waals surface area (Å²) in [5.74, 6) is 0.894. The number of methoxy groups -OCH3 is 1. The molecule has 112 valence electrons. The lowest BCUT2D eigenvalue weighted by Crippen LogP contribution is -2.57. The second kappa shape index (κ2) is 5.37. The van der Waals surface area contributed by atoms with E-state index in [4.69, 9.17) is 4.74 Å². The van der Waals surface area contributed by atoms with E-state index in [9.17, 15) is 13.7 Å². The van der Waals surface area contributed by atoms with E-state index in [0.717, 1.165) is 0 Å². The molecular formula is C14H17N3O3S. The first-order chi connectivity index (χ1) is 9.96. The molecule has 1 heterocycles. The molecule has 0 amide bonds. The van der Waals surface area contributed by atoms with Gasteiger partial charge in [-0.05, 0) is 31.5 Å². The Labute approximate surface area is 124 Å². The molecule has 6 nitrogen and oxygen atoms in total. The number of likely N-dealkylation sites (N-methyl/N-ethyl adjacent to an activating group) is 1. The van der Waals surface area contributed by atoms with E-state index in [1.54, 1.807) is 29.2 Å². The first-order valence-corrected chi connectivity index (χ1v) is 8.06. The second-order valence-electron chi connectivity index (χ2n) is 4.58. The van der Waals surface area contributed by atoms with Crippen molar-refractivity contribution in [2.75, 3.05) is 20.2 Å². The lowest BCUT2D eigenvalue weighted by atomic mass is 9.96. The van der Waals surface area contributed by atoms with Crippen molar-refractivity contribution in [2.24, 2.45) is 4.40 Å². The summed E-state index contributed by atoms with van der Waals surface area (Å²) in [6.07, 6.45) is 0. The minimum Gasteiger partial charge on any atom is -0.497 e. The highest BCUT2D eigenvalue weighted by Gasteiger charge is 2.60. The van der Waals surface area contributed by atoms with E-state index in [0.29, 0.717) is 30.2 Å². The average molecular weight is 307 g/mol. The van der Waals surface area contributed by atoms with E-state index in [2.05, 4.69) is 4.40 Å². The Morgan fingerprint density at radius 2 is 1.86 bits per heavy atom. The summed E-state index contributed by atoms with van der Waals surface area (Å²) in [5, 5.41) is 9.59. The first kappa shape index (κ1) is 15.3. The molecular weight excluding hydrogens is 290 g/mol. The van der Waals surface area contributed by atoms with Crippen LogP contribution in [0.3, 0.4) is 0 Å². The van der Waals surface area contributed by atoms with Gasteiger partial charge in [-0.25, -0.2) is 8.42 Å². The smallest absolute Gasteiger partial charge is 0.286 e. The van der Waals surface area contributed by atoms with Crippen LogP contribution in [-0.2, 0) is 14.8 Å². The monoisotopic (exact) mass is 307 g/mol. The summed E-state index contributed by atoms with van der Waals surface area (Å²) < 4.78 is 31.5. The van der Waals surface area contributed by atoms with Crippen LogP contribution in [0.4, 0.5) is 0 Å². The molecule has 0 unspecified atom stereocenters. The summed E-state index contributed by atoms with van der Waals surface area (Å²) in [6.45, 7) is 4.97. The normalized spacial score (nSPS) is 22.7. The van der Waals surface area contributed by atoms with Gasteiger partial charge in [-0.2, -0.15) is 5.26 Å². The summed E-state index contributed by atoms with van der Waals surface area (Å²) in [5.41, 5.74) is 0.391. The molecule has 1 aromatic carbocycles. The van der Waals surface area contributed by atoms with E-state index < -0.39 is 14.8 Å². The lowest BCUT2D eigenvalue weighted by molar-refractivity contribution is 0.414. The quantitative estimate of drug-likeness (QED) is 0.841. The van der Waals surface area contributed by atoms with Crippen molar-refractivity contribution < 1.29 is 13.2 Å². The highest BCUT2D eigenvalue weighted by atomic mass is 32.2. The van der Waals surface area contributed by atoms with E-state index in [1.165, 1.54) is 7.11 Å². The second-order valence-corrected chi connectivity index (χ2v) is 6.33. The molecule has 1 aliphatic rings. The number of benzene rings is 1. The molecule has 0 saturated carbocycles. The third kappa shape index (κ3) is 2.07. The number of rotatable bonds is 4. The van der Waals surface area contributed by atoms with Gasteiger partial charge in [-0.1, -0.05) is 12.1 Å². The van der Waals surface area contributed by atoms with Crippen LogP contribution in [0.15, 0.2) is 28.7 Å². The van der Waals surface area contributed by atoms with Crippen molar-refractivity contribution in [1.29, 1.82) is 5.26 Å². The van der Waals surface area contributed by atoms with Crippen LogP contribution in [0.25, 0.3) is 0 Å². The fourth-order valence-electron chi connectivity index (χ4n) is 2.40. The van der Waals surface area contributed by atoms with Crippen molar-refractivity contribution in [3.05, 3.63) is 29.8 Å². The number of amidine groups is 1. The topological polar surface area (TPSA) is 82.8 Å². The Balaban J connectivity index is 2.59. The number of sulfonamides is 1. The van der Waals surface area contributed by atoms with Crippen LogP contribution >= 0.6 is 0 Å². The average Bonchev–Trinajstić information content (AvgIpc) is 2.49. The maximum absolute atomic E-state index is 12.2. The Morgan fingerprint density at radius 3 is 2.24 bits per heavy atom. The zero-order valence-electron chi connectivity index (χ0n) is 12.2. The lowest BCUT2D eigenvalue weighted by Gasteiger charge is -2.39. The molecule has 7 heteroatoms. The van der Waals surface area contributed by atoms with Crippen LogP contribution in [0.5, 0.6) is 5.75 Å². The third-order valence-electron chi connectivity index (χ3n) is 3.63. The first-order valence-electron chi connectivity index (χ1n) is 6.62. The van der Waals surface area contributed by atoms with Gasteiger partial charge < -0.3 is 9.64 Å². The summed E-state index contributed by atoms with van der Waals surface area (Å²) in [7, 11) is -2.35. The fourth-order valence-corrected chi connectivity index (χ4v) is 3.84. The molecule has 1 aromatic rings. The van der Waals surface area contributed by atoms with Crippen molar-refractivity contribution >= 4 is 15.9 Å². The minimum absolute atomic E-state index is 0.292. The van der Waals surface area contributed by atoms with E-state index in [1.807, 2.05) is 19.9 Å². The molecule has 0 spiro atoms. The number of nitriles is 1. The minimum atomic E-state index is -3.88. The molecule has 0 bridgehead atoms. The van der Waals surface area contributed by atoms with Gasteiger partial charge in [-0.3, -0.25) is 0 Å². The molecule has 0 fully saturated rings. The number of nitrogens with zero attached hydrogens (tertiary/aromatic N) is 3.